The van der Waals surface area contributed by atoms with Crippen molar-refractivity contribution < 1.29 is 9.59 Å². The van der Waals surface area contributed by atoms with Crippen LogP contribution in [0.25, 0.3) is 0 Å². The molecule has 188 valence electrons. The van der Waals surface area contributed by atoms with Gasteiger partial charge in [0.25, 0.3) is 0 Å². The second kappa shape index (κ2) is 14.9. The number of aromatic nitrogens is 1. The first-order valence-electron chi connectivity index (χ1n) is 10.8. The number of aliphatic imine (C=N–C) groups is 1. The molecule has 1 aromatic heterocycles. The SMILES string of the molecule is CNC(=O)C1CCN(Cc2sc(NC(C)=O)nc2CCc2ccc(N=CNN)cc2)CC1.Cl.Cl. The Morgan fingerprint density at radius 1 is 1.21 bits per heavy atom. The summed E-state index contributed by atoms with van der Waals surface area (Å²) in [4.78, 5) is 35.8. The second-order valence-electron chi connectivity index (χ2n) is 7.83. The smallest absolute Gasteiger partial charge is 0.223 e. The molecule has 0 spiro atoms. The summed E-state index contributed by atoms with van der Waals surface area (Å²) in [6.45, 7) is 4.04. The second-order valence-corrected chi connectivity index (χ2v) is 8.91. The lowest BCUT2D eigenvalue weighted by molar-refractivity contribution is -0.126. The number of nitrogens with one attached hydrogen (secondary N) is 3. The molecule has 0 radical (unpaired) electrons. The molecule has 1 fully saturated rings. The highest BCUT2D eigenvalue weighted by molar-refractivity contribution is 7.15. The summed E-state index contributed by atoms with van der Waals surface area (Å²) in [5, 5.41) is 6.22. The van der Waals surface area contributed by atoms with Gasteiger partial charge in [-0.25, -0.2) is 15.8 Å². The van der Waals surface area contributed by atoms with Gasteiger partial charge in [0, 0.05) is 31.3 Å². The Kier molecular flexibility index (Phi) is 13.1. The topological polar surface area (TPSA) is 125 Å². The molecule has 1 saturated heterocycles. The predicted molar refractivity (Wildman–Crippen MR) is 142 cm³/mol. The monoisotopic (exact) mass is 529 g/mol. The molecule has 3 rings (SSSR count). The van der Waals surface area contributed by atoms with Gasteiger partial charge in [0.1, 0.15) is 6.34 Å². The average molecular weight is 531 g/mol. The van der Waals surface area contributed by atoms with Crippen LogP contribution in [-0.2, 0) is 29.0 Å². The molecule has 1 aliphatic heterocycles. The minimum Gasteiger partial charge on any atom is -0.359 e. The third kappa shape index (κ3) is 8.84. The molecule has 1 aliphatic rings. The Bertz CT molecular complexity index is 945. The molecule has 0 atom stereocenters. The summed E-state index contributed by atoms with van der Waals surface area (Å²) in [7, 11) is 1.69. The van der Waals surface area contributed by atoms with E-state index in [2.05, 4.69) is 26.0 Å². The zero-order valence-corrected chi connectivity index (χ0v) is 21.8. The van der Waals surface area contributed by atoms with Crippen LogP contribution in [-0.4, -0.2) is 48.2 Å². The number of piperidine rings is 1. The van der Waals surface area contributed by atoms with Crippen molar-refractivity contribution in [1.82, 2.24) is 20.6 Å². The Hall–Kier alpha value is -2.24. The number of nitrogens with two attached hydrogens (primary N) is 1. The lowest BCUT2D eigenvalue weighted by Crippen LogP contribution is -2.39. The van der Waals surface area contributed by atoms with E-state index in [0.29, 0.717) is 5.13 Å². The minimum absolute atomic E-state index is 0. The Morgan fingerprint density at radius 3 is 2.47 bits per heavy atom. The highest BCUT2D eigenvalue weighted by Crippen LogP contribution is 2.28. The van der Waals surface area contributed by atoms with Crippen LogP contribution in [0.15, 0.2) is 29.3 Å². The molecule has 34 heavy (non-hydrogen) atoms. The van der Waals surface area contributed by atoms with E-state index in [9.17, 15) is 9.59 Å². The van der Waals surface area contributed by atoms with Gasteiger partial charge in [0.15, 0.2) is 5.13 Å². The number of nitrogens with zero attached hydrogens (tertiary/aromatic N) is 3. The fraction of sp³-hybridized carbons (Fsp3) is 0.455. The lowest BCUT2D eigenvalue weighted by Gasteiger charge is -2.30. The van der Waals surface area contributed by atoms with Gasteiger partial charge in [-0.3, -0.25) is 14.5 Å². The maximum Gasteiger partial charge on any atom is 0.223 e. The summed E-state index contributed by atoms with van der Waals surface area (Å²) in [6.07, 6.45) is 4.79. The van der Waals surface area contributed by atoms with Gasteiger partial charge in [0.2, 0.25) is 11.8 Å². The number of benzene rings is 1. The van der Waals surface area contributed by atoms with Gasteiger partial charge in [-0.05, 0) is 56.5 Å². The summed E-state index contributed by atoms with van der Waals surface area (Å²) in [5.41, 5.74) is 5.43. The fourth-order valence-electron chi connectivity index (χ4n) is 3.79. The molecular weight excluding hydrogens is 497 g/mol. The van der Waals surface area contributed by atoms with Crippen LogP contribution in [0.2, 0.25) is 0 Å². The van der Waals surface area contributed by atoms with Crippen molar-refractivity contribution in [3.8, 4) is 0 Å². The normalized spacial score (nSPS) is 14.2. The maximum absolute atomic E-state index is 11.9. The van der Waals surface area contributed by atoms with Crippen molar-refractivity contribution >= 4 is 65.1 Å². The molecule has 5 N–H and O–H groups in total. The molecule has 1 aromatic carbocycles. The van der Waals surface area contributed by atoms with Crippen LogP contribution < -0.4 is 21.9 Å². The first kappa shape index (κ1) is 29.8. The minimum atomic E-state index is -0.119. The van der Waals surface area contributed by atoms with E-state index in [1.54, 1.807) is 7.05 Å². The van der Waals surface area contributed by atoms with Gasteiger partial charge in [-0.1, -0.05) is 12.1 Å². The summed E-state index contributed by atoms with van der Waals surface area (Å²) < 4.78 is 0. The number of hydrogen-bond acceptors (Lipinski definition) is 7. The van der Waals surface area contributed by atoms with E-state index in [0.717, 1.165) is 56.7 Å². The largest absolute Gasteiger partial charge is 0.359 e. The Balaban J connectivity index is 0.00000289. The zero-order chi connectivity index (χ0) is 22.9. The van der Waals surface area contributed by atoms with E-state index >= 15 is 0 Å². The van der Waals surface area contributed by atoms with Crippen LogP contribution in [0.1, 0.15) is 35.9 Å². The van der Waals surface area contributed by atoms with E-state index in [-0.39, 0.29) is 42.5 Å². The quantitative estimate of drug-likeness (QED) is 0.171. The molecule has 2 aromatic rings. The Morgan fingerprint density at radius 2 is 1.88 bits per heavy atom. The zero-order valence-electron chi connectivity index (χ0n) is 19.4. The van der Waals surface area contributed by atoms with Crippen molar-refractivity contribution in [3.05, 3.63) is 40.4 Å². The van der Waals surface area contributed by atoms with Gasteiger partial charge in [-0.2, -0.15) is 0 Å². The number of amides is 2. The van der Waals surface area contributed by atoms with Crippen molar-refractivity contribution in [2.45, 2.75) is 39.2 Å². The van der Waals surface area contributed by atoms with Crippen LogP contribution in [0.4, 0.5) is 10.8 Å². The van der Waals surface area contributed by atoms with Crippen LogP contribution in [0.5, 0.6) is 0 Å². The fourth-order valence-corrected chi connectivity index (χ4v) is 4.89. The number of rotatable bonds is 9. The molecular formula is C22H33Cl2N7O2S. The van der Waals surface area contributed by atoms with Gasteiger partial charge in [-0.15, -0.1) is 36.2 Å². The third-order valence-electron chi connectivity index (χ3n) is 5.51. The van der Waals surface area contributed by atoms with Crippen molar-refractivity contribution in [2.24, 2.45) is 16.8 Å². The highest BCUT2D eigenvalue weighted by Gasteiger charge is 2.25. The average Bonchev–Trinajstić information content (AvgIpc) is 3.17. The van der Waals surface area contributed by atoms with Crippen molar-refractivity contribution in [3.63, 3.8) is 0 Å². The first-order chi connectivity index (χ1) is 15.5. The molecule has 12 heteroatoms. The molecule has 0 bridgehead atoms. The van der Waals surface area contributed by atoms with Gasteiger partial charge < -0.3 is 16.1 Å². The molecule has 0 saturated carbocycles. The van der Waals surface area contributed by atoms with Gasteiger partial charge in [0.05, 0.1) is 11.4 Å². The van der Waals surface area contributed by atoms with Crippen molar-refractivity contribution in [1.29, 1.82) is 0 Å². The number of hydrazine groups is 1. The lowest BCUT2D eigenvalue weighted by atomic mass is 9.96. The number of thiazole rings is 1. The number of halogens is 2. The molecule has 0 aliphatic carbocycles. The number of anilines is 1. The molecule has 9 nitrogen and oxygen atoms in total. The van der Waals surface area contributed by atoms with Crippen molar-refractivity contribution in [2.75, 3.05) is 25.5 Å². The number of likely N-dealkylation sites (tertiary alicyclic amines) is 1. The van der Waals surface area contributed by atoms with E-state index in [1.807, 2.05) is 24.3 Å². The maximum atomic E-state index is 11.9. The Labute approximate surface area is 216 Å². The molecule has 2 heterocycles. The highest BCUT2D eigenvalue weighted by atomic mass is 35.5. The number of hydrogen-bond donors (Lipinski definition) is 4. The van der Waals surface area contributed by atoms with E-state index < -0.39 is 0 Å². The van der Waals surface area contributed by atoms with Gasteiger partial charge >= 0.3 is 0 Å². The number of carbonyl (C=O) groups excluding carboxylic acids is 2. The van der Waals surface area contributed by atoms with Crippen LogP contribution >= 0.6 is 36.2 Å². The van der Waals surface area contributed by atoms with Crippen LogP contribution in [0.3, 0.4) is 0 Å². The summed E-state index contributed by atoms with van der Waals surface area (Å²) in [5.74, 6) is 5.32. The molecule has 2 amide bonds. The predicted octanol–water partition coefficient (Wildman–Crippen LogP) is 2.81. The standard InChI is InChI=1S/C22H31N7O2S.2ClH/c1-15(30)27-22-28-19(8-5-16-3-6-18(7-4-16)25-14-26-23)20(32-22)13-29-11-9-17(10-12-29)21(31)24-2;;/h3-4,6-7,14,17H,5,8-13,23H2,1-2H3,(H,24,31)(H,25,26)(H,27,28,30);2*1H. The number of carbonyl (C=O) groups is 2. The summed E-state index contributed by atoms with van der Waals surface area (Å²) in [6, 6.07) is 8.00. The number of aryl methyl sites for hydroxylation is 2. The van der Waals surface area contributed by atoms with E-state index in [1.165, 1.54) is 35.0 Å². The summed E-state index contributed by atoms with van der Waals surface area (Å²) >= 11 is 1.54. The molecule has 0 unspecified atom stereocenters. The van der Waals surface area contributed by atoms with E-state index in [4.69, 9.17) is 10.8 Å². The van der Waals surface area contributed by atoms with Crippen LogP contribution in [0, 0.1) is 5.92 Å². The third-order valence-corrected chi connectivity index (χ3v) is 6.51. The first-order valence-corrected chi connectivity index (χ1v) is 11.6.